The summed E-state index contributed by atoms with van der Waals surface area (Å²) in [6.45, 7) is 1.65. The number of benzene rings is 2. The summed E-state index contributed by atoms with van der Waals surface area (Å²) in [4.78, 5) is 33.9. The van der Waals surface area contributed by atoms with E-state index in [1.165, 1.54) is 30.3 Å². The van der Waals surface area contributed by atoms with Crippen molar-refractivity contribution in [2.45, 2.75) is 13.3 Å². The number of non-ortho nitro benzene ring substituents is 1. The Bertz CT molecular complexity index is 838. The molecule has 1 atom stereocenters. The van der Waals surface area contributed by atoms with Crippen LogP contribution in [0.2, 0.25) is 5.02 Å². The zero-order valence-corrected chi connectivity index (χ0v) is 14.0. The molecule has 2 aromatic rings. The first-order valence-corrected chi connectivity index (χ1v) is 7.72. The van der Waals surface area contributed by atoms with E-state index in [0.29, 0.717) is 10.6 Å². The molecule has 0 aliphatic heterocycles. The summed E-state index contributed by atoms with van der Waals surface area (Å²) >= 11 is 5.85. The van der Waals surface area contributed by atoms with Crippen LogP contribution in [0, 0.1) is 16.0 Å². The lowest BCUT2D eigenvalue weighted by molar-refractivity contribution is -0.384. The SMILES string of the molecule is CC(Cc1cccc([N+](=O)[O-])c1)C(=O)Nc1cc(Cl)ccc1C(=O)O. The molecule has 0 radical (unpaired) electrons. The van der Waals surface area contributed by atoms with E-state index >= 15 is 0 Å². The molecule has 8 heteroatoms. The van der Waals surface area contributed by atoms with Crippen LogP contribution in [-0.2, 0) is 11.2 Å². The summed E-state index contributed by atoms with van der Waals surface area (Å²) in [5.41, 5.74) is 0.630. The molecule has 0 heterocycles. The van der Waals surface area contributed by atoms with Gasteiger partial charge in [0, 0.05) is 23.1 Å². The molecule has 2 rings (SSSR count). The molecule has 0 spiro atoms. The van der Waals surface area contributed by atoms with Crippen molar-refractivity contribution in [1.82, 2.24) is 0 Å². The molecule has 2 N–H and O–H groups in total. The molecular weight excluding hydrogens is 348 g/mol. The maximum absolute atomic E-state index is 12.3. The lowest BCUT2D eigenvalue weighted by atomic mass is 9.99. The van der Waals surface area contributed by atoms with Crippen LogP contribution in [0.4, 0.5) is 11.4 Å². The summed E-state index contributed by atoms with van der Waals surface area (Å²) in [6.07, 6.45) is 0.274. The molecule has 0 saturated heterocycles. The van der Waals surface area contributed by atoms with Crippen LogP contribution in [0.5, 0.6) is 0 Å². The number of amides is 1. The van der Waals surface area contributed by atoms with Gasteiger partial charge >= 0.3 is 5.97 Å². The third-order valence-corrected chi connectivity index (χ3v) is 3.82. The largest absolute Gasteiger partial charge is 0.478 e. The van der Waals surface area contributed by atoms with Crippen LogP contribution in [0.1, 0.15) is 22.8 Å². The zero-order valence-electron chi connectivity index (χ0n) is 13.2. The van der Waals surface area contributed by atoms with Crippen LogP contribution in [0.3, 0.4) is 0 Å². The number of carboxylic acid groups (broad SMARTS) is 1. The Morgan fingerprint density at radius 1 is 1.28 bits per heavy atom. The molecule has 0 saturated carbocycles. The van der Waals surface area contributed by atoms with Crippen molar-refractivity contribution >= 4 is 34.9 Å². The minimum absolute atomic E-state index is 0.0480. The van der Waals surface area contributed by atoms with Gasteiger partial charge in [-0.1, -0.05) is 30.7 Å². The van der Waals surface area contributed by atoms with Gasteiger partial charge in [0.15, 0.2) is 0 Å². The summed E-state index contributed by atoms with van der Waals surface area (Å²) < 4.78 is 0. The fourth-order valence-corrected chi connectivity index (χ4v) is 2.48. The van der Waals surface area contributed by atoms with Crippen LogP contribution < -0.4 is 5.32 Å². The molecule has 130 valence electrons. The second kappa shape index (κ2) is 7.76. The van der Waals surface area contributed by atoms with Gasteiger partial charge in [0.05, 0.1) is 16.2 Å². The van der Waals surface area contributed by atoms with E-state index in [0.717, 1.165) is 0 Å². The van der Waals surface area contributed by atoms with Crippen LogP contribution in [0.25, 0.3) is 0 Å². The monoisotopic (exact) mass is 362 g/mol. The van der Waals surface area contributed by atoms with Gasteiger partial charge in [-0.2, -0.15) is 0 Å². The van der Waals surface area contributed by atoms with E-state index in [1.807, 2.05) is 0 Å². The average molecular weight is 363 g/mol. The van der Waals surface area contributed by atoms with Gasteiger partial charge in [0.1, 0.15) is 0 Å². The smallest absolute Gasteiger partial charge is 0.337 e. The Morgan fingerprint density at radius 2 is 2.00 bits per heavy atom. The first-order valence-electron chi connectivity index (χ1n) is 7.35. The topological polar surface area (TPSA) is 110 Å². The zero-order chi connectivity index (χ0) is 18.6. The van der Waals surface area contributed by atoms with Crippen molar-refractivity contribution < 1.29 is 19.6 Å². The van der Waals surface area contributed by atoms with Gasteiger partial charge in [0.25, 0.3) is 5.69 Å². The van der Waals surface area contributed by atoms with Gasteiger partial charge in [-0.25, -0.2) is 4.79 Å². The first-order chi connectivity index (χ1) is 11.8. The van der Waals surface area contributed by atoms with Crippen molar-refractivity contribution in [3.05, 3.63) is 68.7 Å². The summed E-state index contributed by atoms with van der Waals surface area (Å²) in [7, 11) is 0. The molecule has 1 amide bonds. The van der Waals surface area contributed by atoms with Gasteiger partial charge in [0.2, 0.25) is 5.91 Å². The van der Waals surface area contributed by atoms with Crippen molar-refractivity contribution in [3.63, 3.8) is 0 Å². The average Bonchev–Trinajstić information content (AvgIpc) is 2.54. The number of halogens is 1. The number of carboxylic acids is 1. The Kier molecular flexibility index (Phi) is 5.71. The van der Waals surface area contributed by atoms with E-state index < -0.39 is 22.7 Å². The van der Waals surface area contributed by atoms with Crippen molar-refractivity contribution in [3.8, 4) is 0 Å². The van der Waals surface area contributed by atoms with Gasteiger partial charge in [-0.3, -0.25) is 14.9 Å². The molecule has 0 aliphatic rings. The molecule has 2 aromatic carbocycles. The summed E-state index contributed by atoms with van der Waals surface area (Å²) in [6, 6.07) is 10.1. The number of nitro groups is 1. The number of carbonyl (C=O) groups is 2. The Hall–Kier alpha value is -2.93. The van der Waals surface area contributed by atoms with Crippen LogP contribution in [0.15, 0.2) is 42.5 Å². The van der Waals surface area contributed by atoms with Crippen molar-refractivity contribution in [1.29, 1.82) is 0 Å². The fraction of sp³-hybridized carbons (Fsp3) is 0.176. The number of nitrogens with one attached hydrogen (secondary N) is 1. The highest BCUT2D eigenvalue weighted by Crippen LogP contribution is 2.23. The standard InChI is InChI=1S/C17H15ClN2O5/c1-10(7-11-3-2-4-13(8-11)20(24)25)16(21)19-15-9-12(18)5-6-14(15)17(22)23/h2-6,8-10H,7H2,1H3,(H,19,21)(H,22,23). The second-order valence-corrected chi connectivity index (χ2v) is 5.95. The fourth-order valence-electron chi connectivity index (χ4n) is 2.31. The van der Waals surface area contributed by atoms with E-state index in [9.17, 15) is 19.7 Å². The third-order valence-electron chi connectivity index (χ3n) is 3.58. The lowest BCUT2D eigenvalue weighted by Gasteiger charge is -2.14. The van der Waals surface area contributed by atoms with Crippen molar-refractivity contribution in [2.75, 3.05) is 5.32 Å². The van der Waals surface area contributed by atoms with Crippen LogP contribution in [-0.4, -0.2) is 21.9 Å². The highest BCUT2D eigenvalue weighted by atomic mass is 35.5. The molecule has 25 heavy (non-hydrogen) atoms. The Morgan fingerprint density at radius 3 is 2.64 bits per heavy atom. The van der Waals surface area contributed by atoms with Crippen molar-refractivity contribution in [2.24, 2.45) is 5.92 Å². The molecule has 1 unspecified atom stereocenters. The molecule has 0 aromatic heterocycles. The summed E-state index contributed by atoms with van der Waals surface area (Å²) in [5, 5.41) is 22.8. The molecule has 0 aliphatic carbocycles. The van der Waals surface area contributed by atoms with Crippen LogP contribution >= 0.6 is 11.6 Å². The number of hydrogen-bond acceptors (Lipinski definition) is 4. The molecule has 0 fully saturated rings. The molecule has 7 nitrogen and oxygen atoms in total. The predicted molar refractivity (Wildman–Crippen MR) is 93.0 cm³/mol. The second-order valence-electron chi connectivity index (χ2n) is 5.52. The highest BCUT2D eigenvalue weighted by Gasteiger charge is 2.18. The van der Waals surface area contributed by atoms with E-state index in [4.69, 9.17) is 16.7 Å². The molecule has 0 bridgehead atoms. The quantitative estimate of drug-likeness (QED) is 0.600. The first kappa shape index (κ1) is 18.4. The van der Waals surface area contributed by atoms with E-state index in [-0.39, 0.29) is 23.4 Å². The Balaban J connectivity index is 2.13. The third kappa shape index (κ3) is 4.77. The predicted octanol–water partition coefficient (Wildman–Crippen LogP) is 3.76. The van der Waals surface area contributed by atoms with E-state index in [2.05, 4.69) is 5.32 Å². The maximum Gasteiger partial charge on any atom is 0.337 e. The normalized spacial score (nSPS) is 11.6. The van der Waals surface area contributed by atoms with Gasteiger partial charge in [-0.15, -0.1) is 0 Å². The minimum atomic E-state index is -1.18. The highest BCUT2D eigenvalue weighted by molar-refractivity contribution is 6.31. The number of nitrogens with zero attached hydrogens (tertiary/aromatic N) is 1. The number of hydrogen-bond donors (Lipinski definition) is 2. The minimum Gasteiger partial charge on any atom is -0.478 e. The van der Waals surface area contributed by atoms with Gasteiger partial charge in [-0.05, 0) is 30.2 Å². The lowest BCUT2D eigenvalue weighted by Crippen LogP contribution is -2.23. The number of aromatic carboxylic acids is 1. The number of anilines is 1. The maximum atomic E-state index is 12.3. The number of rotatable bonds is 6. The summed E-state index contributed by atoms with van der Waals surface area (Å²) in [5.74, 6) is -2.11. The Labute approximate surface area is 148 Å². The van der Waals surface area contributed by atoms with Gasteiger partial charge < -0.3 is 10.4 Å². The van der Waals surface area contributed by atoms with E-state index in [1.54, 1.807) is 19.1 Å². The molecular formula is C17H15ClN2O5. The number of nitro benzene ring substituents is 1. The number of carbonyl (C=O) groups excluding carboxylic acids is 1.